The summed E-state index contributed by atoms with van der Waals surface area (Å²) in [6, 6.07) is 11.7. The first-order valence-corrected chi connectivity index (χ1v) is 13.7. The molecular weight excluding hydrogens is 534 g/mol. The minimum Gasteiger partial charge on any atom is -0.497 e. The number of halogens is 1. The molecule has 2 heterocycles. The van der Waals surface area contributed by atoms with E-state index < -0.39 is 12.1 Å². The molecule has 2 aromatic carbocycles. The zero-order valence-electron chi connectivity index (χ0n) is 22.1. The van der Waals surface area contributed by atoms with Gasteiger partial charge in [-0.05, 0) is 42.2 Å². The van der Waals surface area contributed by atoms with Crippen molar-refractivity contribution >= 4 is 29.4 Å². The number of benzene rings is 2. The van der Waals surface area contributed by atoms with Gasteiger partial charge in [-0.1, -0.05) is 48.7 Å². The van der Waals surface area contributed by atoms with Gasteiger partial charge in [0, 0.05) is 17.7 Å². The third-order valence-electron chi connectivity index (χ3n) is 7.40. The average Bonchev–Trinajstić information content (AvgIpc) is 3.27. The number of anilines is 1. The molecule has 2 aliphatic rings. The first kappa shape index (κ1) is 27.8. The van der Waals surface area contributed by atoms with E-state index >= 15 is 0 Å². The number of aliphatic hydroxyl groups is 2. The molecule has 4 N–H and O–H groups in total. The second kappa shape index (κ2) is 12.2. The maximum Gasteiger partial charge on any atom is 0.254 e. The minimum atomic E-state index is -0.633. The van der Waals surface area contributed by atoms with Crippen LogP contribution in [0.2, 0.25) is 5.02 Å². The third-order valence-corrected chi connectivity index (χ3v) is 7.68. The Bertz CT molecular complexity index is 1400. The van der Waals surface area contributed by atoms with Crippen molar-refractivity contribution in [2.75, 3.05) is 25.6 Å². The number of aliphatic hydroxyl groups excluding tert-OH is 2. The van der Waals surface area contributed by atoms with Gasteiger partial charge in [-0.25, -0.2) is 9.97 Å². The van der Waals surface area contributed by atoms with E-state index in [-0.39, 0.29) is 37.6 Å². The summed E-state index contributed by atoms with van der Waals surface area (Å²) in [6.45, 7) is -0.170. The van der Waals surface area contributed by atoms with E-state index in [1.54, 1.807) is 37.4 Å². The van der Waals surface area contributed by atoms with Crippen LogP contribution in [-0.4, -0.2) is 69.3 Å². The number of amides is 2. The Labute approximate surface area is 237 Å². The van der Waals surface area contributed by atoms with Gasteiger partial charge >= 0.3 is 0 Å². The molecule has 3 atom stereocenters. The van der Waals surface area contributed by atoms with Crippen molar-refractivity contribution in [2.45, 2.75) is 50.4 Å². The highest BCUT2D eigenvalue weighted by molar-refractivity contribution is 6.33. The molecule has 1 aliphatic carbocycles. The van der Waals surface area contributed by atoms with E-state index in [1.165, 1.54) is 11.1 Å². The molecule has 3 aromatic rings. The molecule has 1 fully saturated rings. The number of methoxy groups -OCH3 is 1. The first-order valence-electron chi connectivity index (χ1n) is 13.3. The molecule has 1 aliphatic heterocycles. The third kappa shape index (κ3) is 6.04. The number of rotatable bonds is 9. The Morgan fingerprint density at radius 3 is 2.83 bits per heavy atom. The summed E-state index contributed by atoms with van der Waals surface area (Å²) in [7, 11) is 1.55. The van der Waals surface area contributed by atoms with Crippen molar-refractivity contribution in [3.8, 4) is 17.0 Å². The monoisotopic (exact) mass is 565 g/mol. The normalized spacial score (nSPS) is 19.2. The van der Waals surface area contributed by atoms with Crippen LogP contribution < -0.4 is 15.4 Å². The molecule has 1 saturated carbocycles. The lowest BCUT2D eigenvalue weighted by molar-refractivity contribution is -0.122. The van der Waals surface area contributed by atoms with Crippen LogP contribution in [0, 0.1) is 0 Å². The molecule has 0 bridgehead atoms. The van der Waals surface area contributed by atoms with Gasteiger partial charge in [0.25, 0.3) is 5.91 Å². The van der Waals surface area contributed by atoms with Crippen molar-refractivity contribution in [3.63, 3.8) is 0 Å². The molecule has 40 heavy (non-hydrogen) atoms. The fraction of sp³-hybridized carbons (Fsp3) is 0.379. The van der Waals surface area contributed by atoms with Gasteiger partial charge in [0.2, 0.25) is 11.9 Å². The Morgan fingerprint density at radius 1 is 1.23 bits per heavy atom. The lowest BCUT2D eigenvalue weighted by atomic mass is 9.93. The maximum atomic E-state index is 13.2. The molecule has 0 spiro atoms. The Morgan fingerprint density at radius 2 is 2.05 bits per heavy atom. The number of ether oxygens (including phenoxy) is 1. The van der Waals surface area contributed by atoms with Crippen molar-refractivity contribution in [1.29, 1.82) is 0 Å². The van der Waals surface area contributed by atoms with Crippen LogP contribution >= 0.6 is 11.6 Å². The van der Waals surface area contributed by atoms with Crippen molar-refractivity contribution in [3.05, 3.63) is 70.4 Å². The number of nitrogens with zero attached hydrogens (tertiary/aromatic N) is 3. The zero-order chi connectivity index (χ0) is 28.2. The lowest BCUT2D eigenvalue weighted by Gasteiger charge is -2.28. The molecule has 210 valence electrons. The number of nitrogens with one attached hydrogen (secondary N) is 2. The highest BCUT2D eigenvalue weighted by Gasteiger charge is 2.30. The number of carbonyl (C=O) groups excluding carboxylic acids is 2. The van der Waals surface area contributed by atoms with Gasteiger partial charge in [0.1, 0.15) is 12.3 Å². The van der Waals surface area contributed by atoms with Gasteiger partial charge in [-0.15, -0.1) is 0 Å². The Kier molecular flexibility index (Phi) is 8.49. The summed E-state index contributed by atoms with van der Waals surface area (Å²) in [6.07, 6.45) is 4.64. The van der Waals surface area contributed by atoms with Gasteiger partial charge in [-0.2, -0.15) is 0 Å². The standard InChI is InChI=1S/C29H32ClN5O5/c1-40-20-6-4-5-17(11-20)24(16-36)32-26(38)15-35-14-19-10-9-18(12-21(19)28(35)39)27-22(30)13-31-29(34-27)33-23-7-2-3-8-25(23)37/h4-6,9-13,23-25,36-37H,2-3,7-8,14-16H2,1H3,(H,32,38)(H,31,33,34)/t23-,24?,25-/m0/s1. The average molecular weight is 566 g/mol. The summed E-state index contributed by atoms with van der Waals surface area (Å²) in [5.41, 5.74) is 3.09. The molecule has 5 rings (SSSR count). The second-order valence-electron chi connectivity index (χ2n) is 10.1. The fourth-order valence-electron chi connectivity index (χ4n) is 5.23. The van der Waals surface area contributed by atoms with E-state index in [1.807, 2.05) is 12.1 Å². The Hall–Kier alpha value is -3.73. The number of aromatic nitrogens is 2. The molecule has 0 radical (unpaired) electrons. The van der Waals surface area contributed by atoms with Crippen LogP contribution in [-0.2, 0) is 11.3 Å². The highest BCUT2D eigenvalue weighted by atomic mass is 35.5. The van der Waals surface area contributed by atoms with Crippen molar-refractivity contribution < 1.29 is 24.5 Å². The molecule has 1 unspecified atom stereocenters. The van der Waals surface area contributed by atoms with E-state index in [9.17, 15) is 19.8 Å². The smallest absolute Gasteiger partial charge is 0.254 e. The summed E-state index contributed by atoms with van der Waals surface area (Å²) in [5.74, 6) is 0.319. The molecule has 1 aromatic heterocycles. The lowest BCUT2D eigenvalue weighted by Crippen LogP contribution is -2.40. The number of hydrogen-bond acceptors (Lipinski definition) is 8. The maximum absolute atomic E-state index is 13.2. The van der Waals surface area contributed by atoms with Crippen LogP contribution in [0.15, 0.2) is 48.7 Å². The van der Waals surface area contributed by atoms with Gasteiger partial charge in [0.15, 0.2) is 0 Å². The van der Waals surface area contributed by atoms with Crippen LogP contribution in [0.4, 0.5) is 5.95 Å². The number of carbonyl (C=O) groups is 2. The summed E-state index contributed by atoms with van der Waals surface area (Å²) in [4.78, 5) is 36.4. The Balaban J connectivity index is 1.27. The molecule has 2 amide bonds. The van der Waals surface area contributed by atoms with Crippen molar-refractivity contribution in [2.24, 2.45) is 0 Å². The van der Waals surface area contributed by atoms with E-state index in [0.29, 0.717) is 39.1 Å². The second-order valence-corrected chi connectivity index (χ2v) is 10.5. The predicted molar refractivity (Wildman–Crippen MR) is 150 cm³/mol. The van der Waals surface area contributed by atoms with E-state index in [2.05, 4.69) is 20.6 Å². The fourth-order valence-corrected chi connectivity index (χ4v) is 5.43. The zero-order valence-corrected chi connectivity index (χ0v) is 22.9. The van der Waals surface area contributed by atoms with Gasteiger partial charge in [-0.3, -0.25) is 9.59 Å². The molecular formula is C29H32ClN5O5. The van der Waals surface area contributed by atoms with Crippen molar-refractivity contribution in [1.82, 2.24) is 20.2 Å². The van der Waals surface area contributed by atoms with E-state index in [4.69, 9.17) is 16.3 Å². The van der Waals surface area contributed by atoms with Crippen LogP contribution in [0.1, 0.15) is 53.2 Å². The largest absolute Gasteiger partial charge is 0.497 e. The SMILES string of the molecule is COc1cccc(C(CO)NC(=O)CN2Cc3ccc(-c4nc(N[C@H]5CCCC[C@@H]5O)ncc4Cl)cc3C2=O)c1. The summed E-state index contributed by atoms with van der Waals surface area (Å²) >= 11 is 6.44. The minimum absolute atomic E-state index is 0.126. The molecule has 10 nitrogen and oxygen atoms in total. The van der Waals surface area contributed by atoms with Gasteiger partial charge in [0.05, 0.1) is 48.8 Å². The first-order chi connectivity index (χ1) is 19.4. The van der Waals surface area contributed by atoms with Crippen LogP contribution in [0.3, 0.4) is 0 Å². The van der Waals surface area contributed by atoms with E-state index in [0.717, 1.165) is 31.2 Å². The predicted octanol–water partition coefficient (Wildman–Crippen LogP) is 3.33. The quantitative estimate of drug-likeness (QED) is 0.310. The van der Waals surface area contributed by atoms with Gasteiger partial charge < -0.3 is 30.5 Å². The number of fused-ring (bicyclic) bond motifs is 1. The van der Waals surface area contributed by atoms with Crippen LogP contribution in [0.25, 0.3) is 11.3 Å². The number of hydrogen-bond donors (Lipinski definition) is 4. The van der Waals surface area contributed by atoms with Crippen LogP contribution in [0.5, 0.6) is 5.75 Å². The summed E-state index contributed by atoms with van der Waals surface area (Å²) < 4.78 is 5.23. The summed E-state index contributed by atoms with van der Waals surface area (Å²) in [5, 5.41) is 26.5. The highest BCUT2D eigenvalue weighted by Crippen LogP contribution is 2.32. The topological polar surface area (TPSA) is 137 Å². The molecule has 0 saturated heterocycles. The molecule has 11 heteroatoms.